The largest absolute Gasteiger partial charge is 0.310 e. The molecule has 0 radical (unpaired) electrons. The molecule has 0 fully saturated rings. The number of aromatic nitrogens is 1. The monoisotopic (exact) mass is 413 g/mol. The number of nitrogens with one attached hydrogen (secondary N) is 1. The summed E-state index contributed by atoms with van der Waals surface area (Å²) in [6.45, 7) is 2.93. The van der Waals surface area contributed by atoms with Gasteiger partial charge in [0.25, 0.3) is 0 Å². The van der Waals surface area contributed by atoms with E-state index in [-0.39, 0.29) is 11.5 Å². The predicted octanol–water partition coefficient (Wildman–Crippen LogP) is 2.39. The Bertz CT molecular complexity index is 895. The minimum absolute atomic E-state index is 0.191. The molecule has 148 valence electrons. The maximum absolute atomic E-state index is 13.5. The van der Waals surface area contributed by atoms with Crippen molar-refractivity contribution in [1.82, 2.24) is 14.6 Å². The Balaban J connectivity index is 1.84. The number of halogens is 1. The molecule has 0 saturated heterocycles. The van der Waals surface area contributed by atoms with Gasteiger partial charge in [0, 0.05) is 25.5 Å². The average molecular weight is 414 g/mol. The van der Waals surface area contributed by atoms with Crippen LogP contribution in [-0.2, 0) is 23.0 Å². The van der Waals surface area contributed by atoms with Gasteiger partial charge in [-0.25, -0.2) is 22.1 Å². The van der Waals surface area contributed by atoms with Crippen molar-refractivity contribution in [3.63, 3.8) is 0 Å². The summed E-state index contributed by atoms with van der Waals surface area (Å²) >= 11 is 1.37. The number of carbonyl (C=O) groups excluding carboxylic acids is 1. The number of benzene rings is 1. The highest BCUT2D eigenvalue weighted by Crippen LogP contribution is 2.19. The van der Waals surface area contributed by atoms with Gasteiger partial charge in [-0.15, -0.1) is 11.3 Å². The van der Waals surface area contributed by atoms with Crippen molar-refractivity contribution in [2.75, 3.05) is 26.4 Å². The fourth-order valence-corrected chi connectivity index (χ4v) is 4.10. The van der Waals surface area contributed by atoms with Crippen molar-refractivity contribution < 1.29 is 17.6 Å². The quantitative estimate of drug-likeness (QED) is 0.478. The van der Waals surface area contributed by atoms with Crippen molar-refractivity contribution in [3.8, 4) is 0 Å². The molecule has 0 atom stereocenters. The number of hydrogen-bond donors (Lipinski definition) is 1. The second-order valence-corrected chi connectivity index (χ2v) is 9.82. The molecule has 1 aromatic carbocycles. The molecule has 0 aliphatic rings. The second kappa shape index (κ2) is 9.50. The van der Waals surface area contributed by atoms with Crippen LogP contribution in [0.3, 0.4) is 0 Å². The predicted molar refractivity (Wildman–Crippen MR) is 105 cm³/mol. The molecule has 6 nitrogen and oxygen atoms in total. The van der Waals surface area contributed by atoms with Crippen LogP contribution in [0.4, 0.5) is 4.39 Å². The number of carbonyl (C=O) groups is 1. The van der Waals surface area contributed by atoms with Gasteiger partial charge in [0.2, 0.25) is 10.0 Å². The summed E-state index contributed by atoms with van der Waals surface area (Å²) in [4.78, 5) is 17.2. The van der Waals surface area contributed by atoms with Gasteiger partial charge in [-0.2, -0.15) is 0 Å². The Kier molecular flexibility index (Phi) is 7.60. The zero-order valence-corrected chi connectivity index (χ0v) is 17.3. The molecule has 0 spiro atoms. The van der Waals surface area contributed by atoms with Crippen molar-refractivity contribution in [1.29, 1.82) is 0 Å². The van der Waals surface area contributed by atoms with Crippen molar-refractivity contribution in [2.24, 2.45) is 0 Å². The third-order valence-corrected chi connectivity index (χ3v) is 6.72. The van der Waals surface area contributed by atoms with E-state index in [9.17, 15) is 17.6 Å². The van der Waals surface area contributed by atoms with Crippen LogP contribution in [0.1, 0.15) is 32.4 Å². The van der Waals surface area contributed by atoms with Crippen LogP contribution in [0.2, 0.25) is 0 Å². The van der Waals surface area contributed by atoms with E-state index in [0.717, 1.165) is 15.7 Å². The fourth-order valence-electron chi connectivity index (χ4n) is 2.45. The Morgan fingerprint density at radius 2 is 2.00 bits per heavy atom. The summed E-state index contributed by atoms with van der Waals surface area (Å²) in [5.74, 6) is -1.27. The molecule has 0 saturated carbocycles. The van der Waals surface area contributed by atoms with E-state index in [1.807, 2.05) is 6.07 Å². The summed E-state index contributed by atoms with van der Waals surface area (Å²) in [5.41, 5.74) is 0.910. The molecule has 27 heavy (non-hydrogen) atoms. The lowest BCUT2D eigenvalue weighted by Crippen LogP contribution is -2.29. The number of nitrogens with zero attached hydrogens (tertiary/aromatic N) is 2. The van der Waals surface area contributed by atoms with Crippen LogP contribution in [0.15, 0.2) is 24.3 Å². The first-order valence-corrected chi connectivity index (χ1v) is 11.0. The zero-order chi connectivity index (χ0) is 20.0. The molecule has 0 amide bonds. The normalized spacial score (nSPS) is 11.9. The lowest BCUT2D eigenvalue weighted by Gasteiger charge is -2.09. The van der Waals surface area contributed by atoms with Crippen LogP contribution in [0, 0.1) is 12.7 Å². The average Bonchev–Trinajstić information content (AvgIpc) is 2.96. The summed E-state index contributed by atoms with van der Waals surface area (Å²) < 4.78 is 38.3. The van der Waals surface area contributed by atoms with Crippen LogP contribution >= 0.6 is 11.3 Å². The first-order chi connectivity index (χ1) is 12.7. The molecule has 2 rings (SSSR count). The van der Waals surface area contributed by atoms with Gasteiger partial charge in [-0.1, -0.05) is 18.2 Å². The fraction of sp³-hybridized carbons (Fsp3) is 0.444. The van der Waals surface area contributed by atoms with Crippen molar-refractivity contribution in [3.05, 3.63) is 51.2 Å². The molecule has 0 aliphatic carbocycles. The molecule has 0 aliphatic heterocycles. The SMILES string of the molecule is Cc1sc(CNCCCc2ccccc2F)nc1C(=O)CS(=O)(=O)N(C)C. The first-order valence-electron chi connectivity index (χ1n) is 8.54. The summed E-state index contributed by atoms with van der Waals surface area (Å²) in [6, 6.07) is 6.72. The summed E-state index contributed by atoms with van der Waals surface area (Å²) in [5, 5.41) is 3.95. The molecule has 1 aromatic heterocycles. The Morgan fingerprint density at radius 3 is 2.67 bits per heavy atom. The van der Waals surface area contributed by atoms with Gasteiger partial charge in [-0.3, -0.25) is 4.79 Å². The topological polar surface area (TPSA) is 79.4 Å². The first kappa shape index (κ1) is 21.6. The Morgan fingerprint density at radius 1 is 1.30 bits per heavy atom. The highest BCUT2D eigenvalue weighted by atomic mass is 32.2. The molecule has 2 aromatic rings. The van der Waals surface area contributed by atoms with Gasteiger partial charge in [0.1, 0.15) is 22.3 Å². The lowest BCUT2D eigenvalue weighted by atomic mass is 10.1. The van der Waals surface area contributed by atoms with E-state index in [4.69, 9.17) is 0 Å². The Labute approximate surface area is 163 Å². The van der Waals surface area contributed by atoms with Gasteiger partial charge < -0.3 is 5.32 Å². The maximum Gasteiger partial charge on any atom is 0.221 e. The number of sulfonamides is 1. The minimum Gasteiger partial charge on any atom is -0.310 e. The number of hydrogen-bond acceptors (Lipinski definition) is 6. The molecule has 0 bridgehead atoms. The standard InChI is InChI=1S/C18H24FN3O3S2/c1-13-18(16(23)12-27(24,25)22(2)3)21-17(26-13)11-20-10-6-8-14-7-4-5-9-15(14)19/h4-5,7,9,20H,6,8,10-12H2,1-3H3. The number of aryl methyl sites for hydroxylation is 2. The van der Waals surface area contributed by atoms with Gasteiger partial charge in [-0.05, 0) is 37.9 Å². The van der Waals surface area contributed by atoms with Gasteiger partial charge >= 0.3 is 0 Å². The number of thiazole rings is 1. The van der Waals surface area contributed by atoms with Crippen LogP contribution in [-0.4, -0.2) is 49.9 Å². The number of Topliss-reactive ketones (excluding diaryl/α,β-unsaturated/α-hetero) is 1. The Hall–Kier alpha value is -1.68. The van der Waals surface area contributed by atoms with E-state index in [2.05, 4.69) is 10.3 Å². The molecule has 1 N–H and O–H groups in total. The van der Waals surface area contributed by atoms with Gasteiger partial charge in [0.05, 0.1) is 0 Å². The molecular formula is C18H24FN3O3S2. The zero-order valence-electron chi connectivity index (χ0n) is 15.7. The molecular weight excluding hydrogens is 389 g/mol. The third kappa shape index (κ3) is 6.17. The highest BCUT2D eigenvalue weighted by molar-refractivity contribution is 7.89. The van der Waals surface area contributed by atoms with E-state index < -0.39 is 21.6 Å². The molecule has 1 heterocycles. The number of rotatable bonds is 10. The third-order valence-electron chi connectivity index (χ3n) is 4.01. The maximum atomic E-state index is 13.5. The lowest BCUT2D eigenvalue weighted by molar-refractivity contribution is 0.101. The molecule has 0 unspecified atom stereocenters. The van der Waals surface area contributed by atoms with Crippen LogP contribution in [0.5, 0.6) is 0 Å². The van der Waals surface area contributed by atoms with E-state index >= 15 is 0 Å². The van der Waals surface area contributed by atoms with Crippen molar-refractivity contribution >= 4 is 27.1 Å². The minimum atomic E-state index is -3.61. The van der Waals surface area contributed by atoms with E-state index in [1.54, 1.807) is 19.1 Å². The highest BCUT2D eigenvalue weighted by Gasteiger charge is 2.23. The van der Waals surface area contributed by atoms with Crippen LogP contribution in [0.25, 0.3) is 0 Å². The van der Waals surface area contributed by atoms with E-state index in [0.29, 0.717) is 30.0 Å². The smallest absolute Gasteiger partial charge is 0.221 e. The van der Waals surface area contributed by atoms with Crippen LogP contribution < -0.4 is 5.32 Å². The summed E-state index contributed by atoms with van der Waals surface area (Å²) in [6.07, 6.45) is 1.42. The van der Waals surface area contributed by atoms with Gasteiger partial charge in [0.15, 0.2) is 5.78 Å². The number of ketones is 1. The molecule has 9 heteroatoms. The van der Waals surface area contributed by atoms with E-state index in [1.165, 1.54) is 31.5 Å². The second-order valence-electron chi connectivity index (χ2n) is 6.35. The van der Waals surface area contributed by atoms with Crippen molar-refractivity contribution in [2.45, 2.75) is 26.3 Å². The summed E-state index contributed by atoms with van der Waals surface area (Å²) in [7, 11) is -0.813.